The molecule has 176 valence electrons. The van der Waals surface area contributed by atoms with Crippen LogP contribution in [0.25, 0.3) is 0 Å². The minimum atomic E-state index is -3.68. The lowest BCUT2D eigenvalue weighted by Gasteiger charge is -2.33. The van der Waals surface area contributed by atoms with Crippen molar-refractivity contribution in [3.63, 3.8) is 0 Å². The molecule has 4 N–H and O–H groups in total. The van der Waals surface area contributed by atoms with Gasteiger partial charge in [0, 0.05) is 34.3 Å². The molecule has 1 unspecified atom stereocenters. The van der Waals surface area contributed by atoms with Crippen LogP contribution in [0.2, 0.25) is 0 Å². The van der Waals surface area contributed by atoms with Crippen LogP contribution in [0.5, 0.6) is 5.75 Å². The highest BCUT2D eigenvalue weighted by Gasteiger charge is 2.35. The molecule has 0 radical (unpaired) electrons. The van der Waals surface area contributed by atoms with E-state index in [1.165, 1.54) is 26.2 Å². The van der Waals surface area contributed by atoms with Gasteiger partial charge in [-0.2, -0.15) is 8.70 Å². The molecule has 1 saturated heterocycles. The van der Waals surface area contributed by atoms with E-state index in [2.05, 4.69) is 59.6 Å². The fourth-order valence-corrected chi connectivity index (χ4v) is 8.43. The van der Waals surface area contributed by atoms with Gasteiger partial charge >= 0.3 is 0 Å². The summed E-state index contributed by atoms with van der Waals surface area (Å²) in [6, 6.07) is 4.35. The topological polar surface area (TPSA) is 106 Å². The van der Waals surface area contributed by atoms with Gasteiger partial charge in [0.15, 0.2) is 9.96 Å². The number of anilines is 1. The summed E-state index contributed by atoms with van der Waals surface area (Å²) >= 11 is 4.01. The van der Waals surface area contributed by atoms with Crippen LogP contribution in [-0.4, -0.2) is 42.9 Å². The van der Waals surface area contributed by atoms with Gasteiger partial charge in [0.2, 0.25) is 0 Å². The molecule has 0 bridgehead atoms. The Kier molecular flexibility index (Phi) is 6.93. The van der Waals surface area contributed by atoms with Crippen molar-refractivity contribution >= 4 is 56.4 Å². The average molecular weight is 516 g/mol. The minimum absolute atomic E-state index is 0.0211. The summed E-state index contributed by atoms with van der Waals surface area (Å²) in [7, 11) is -3.68. The highest BCUT2D eigenvalue weighted by molar-refractivity contribution is 7.96. The van der Waals surface area contributed by atoms with Gasteiger partial charge in [-0.15, -0.1) is 22.7 Å². The molecule has 2 atom stereocenters. The third-order valence-electron chi connectivity index (χ3n) is 5.47. The van der Waals surface area contributed by atoms with Crippen LogP contribution in [0.15, 0.2) is 26.1 Å². The molecule has 4 rings (SSSR count). The van der Waals surface area contributed by atoms with Gasteiger partial charge in [0.25, 0.3) is 10.0 Å². The van der Waals surface area contributed by atoms with Gasteiger partial charge in [0.05, 0.1) is 17.8 Å². The first-order valence-corrected chi connectivity index (χ1v) is 14.4. The summed E-state index contributed by atoms with van der Waals surface area (Å²) in [5, 5.41) is 19.1. The molecule has 0 spiro atoms. The second-order valence-electron chi connectivity index (χ2n) is 9.05. The van der Waals surface area contributed by atoms with Gasteiger partial charge in [-0.3, -0.25) is 5.32 Å². The van der Waals surface area contributed by atoms with Gasteiger partial charge in [0.1, 0.15) is 12.0 Å². The quantitative estimate of drug-likeness (QED) is 0.425. The van der Waals surface area contributed by atoms with Gasteiger partial charge in [-0.05, 0) is 37.3 Å². The number of aromatic hydroxyl groups is 1. The molecule has 2 aliphatic heterocycles. The number of hydrogen-bond donors (Lipinski definition) is 4. The number of thiophene rings is 2. The largest absolute Gasteiger partial charge is 0.504 e. The number of sulfonamides is 1. The average Bonchev–Trinajstić information content (AvgIpc) is 3.49. The van der Waals surface area contributed by atoms with E-state index in [0.717, 1.165) is 24.2 Å². The minimum Gasteiger partial charge on any atom is -0.504 e. The molecule has 12 heteroatoms. The predicted octanol–water partition coefficient (Wildman–Crippen LogP) is 4.29. The van der Waals surface area contributed by atoms with Crippen molar-refractivity contribution in [3.8, 4) is 5.75 Å². The maximum atomic E-state index is 12.9. The molecule has 32 heavy (non-hydrogen) atoms. The lowest BCUT2D eigenvalue weighted by molar-refractivity contribution is 0.266. The summed E-state index contributed by atoms with van der Waals surface area (Å²) < 4.78 is 34.8. The Labute approximate surface area is 201 Å². The van der Waals surface area contributed by atoms with Crippen molar-refractivity contribution in [2.45, 2.75) is 57.0 Å². The van der Waals surface area contributed by atoms with E-state index in [0.29, 0.717) is 24.6 Å². The Hall–Kier alpha value is -1.15. The highest BCUT2D eigenvalue weighted by Crippen LogP contribution is 2.41. The molecule has 0 amide bonds. The van der Waals surface area contributed by atoms with Crippen molar-refractivity contribution in [2.75, 3.05) is 18.4 Å². The van der Waals surface area contributed by atoms with Crippen LogP contribution in [0.1, 0.15) is 49.4 Å². The Morgan fingerprint density at radius 3 is 2.62 bits per heavy atom. The summed E-state index contributed by atoms with van der Waals surface area (Å²) in [4.78, 5) is 2.50. The number of hydrogen-bond acceptors (Lipinski definition) is 10. The second-order valence-corrected chi connectivity index (χ2v) is 14.0. The van der Waals surface area contributed by atoms with E-state index in [4.69, 9.17) is 0 Å². The molecule has 0 aliphatic carbocycles. The van der Waals surface area contributed by atoms with Crippen molar-refractivity contribution in [1.29, 1.82) is 0 Å². The standard InChI is InChI=1S/C20H29N5O3S4/c1-12-7-8-14(30-12)16(20(2,3)4)22-18-17(23-31-24-18)21-13-11-29-19(15(13)26)32(27,28)25-9-5-6-10-25/h7-8,11,16,18,22,24,26H,5-6,9-10H2,1-4H3,(H,21,23)/t16-,18?/m0/s1. The monoisotopic (exact) mass is 515 g/mol. The molecule has 0 saturated carbocycles. The lowest BCUT2D eigenvalue weighted by atomic mass is 9.85. The molecular formula is C20H29N5O3S4. The van der Waals surface area contributed by atoms with Crippen LogP contribution in [0, 0.1) is 12.3 Å². The fourth-order valence-electron chi connectivity index (χ4n) is 3.77. The van der Waals surface area contributed by atoms with E-state index >= 15 is 0 Å². The fraction of sp³-hybridized carbons (Fsp3) is 0.550. The molecule has 0 aromatic carbocycles. The van der Waals surface area contributed by atoms with Crippen LogP contribution in [0.4, 0.5) is 5.69 Å². The molecule has 2 aliphatic rings. The first-order chi connectivity index (χ1) is 15.1. The van der Waals surface area contributed by atoms with Crippen molar-refractivity contribution in [2.24, 2.45) is 9.81 Å². The lowest BCUT2D eigenvalue weighted by Crippen LogP contribution is -2.49. The summed E-state index contributed by atoms with van der Waals surface area (Å²) in [6.45, 7) is 9.65. The molecular weight excluding hydrogens is 487 g/mol. The van der Waals surface area contributed by atoms with E-state index in [9.17, 15) is 13.5 Å². The van der Waals surface area contributed by atoms with Crippen molar-refractivity contribution in [1.82, 2.24) is 14.3 Å². The summed E-state index contributed by atoms with van der Waals surface area (Å²) in [5.74, 6) is 0.345. The first kappa shape index (κ1) is 24.0. The van der Waals surface area contributed by atoms with E-state index < -0.39 is 10.0 Å². The summed E-state index contributed by atoms with van der Waals surface area (Å²) in [6.07, 6.45) is 1.41. The molecule has 2 aromatic rings. The third-order valence-corrected chi connectivity index (χ3v) is 10.6. The van der Waals surface area contributed by atoms with Gasteiger partial charge in [-0.25, -0.2) is 13.1 Å². The number of rotatable bonds is 6. The van der Waals surface area contributed by atoms with E-state index in [1.54, 1.807) is 16.7 Å². The van der Waals surface area contributed by atoms with Crippen LogP contribution in [0.3, 0.4) is 0 Å². The number of nitrogens with one attached hydrogen (secondary N) is 3. The van der Waals surface area contributed by atoms with Gasteiger partial charge < -0.3 is 10.4 Å². The molecule has 8 nitrogen and oxygen atoms in total. The molecule has 1 fully saturated rings. The van der Waals surface area contributed by atoms with Crippen LogP contribution in [-0.2, 0) is 10.0 Å². The zero-order valence-electron chi connectivity index (χ0n) is 18.5. The second kappa shape index (κ2) is 9.24. The van der Waals surface area contributed by atoms with E-state index in [1.807, 2.05) is 0 Å². The van der Waals surface area contributed by atoms with Crippen molar-refractivity contribution < 1.29 is 13.5 Å². The third kappa shape index (κ3) is 4.86. The normalized spacial score (nSPS) is 21.1. The number of aryl methyl sites for hydroxylation is 1. The SMILES string of the molecule is Cc1ccc([C@H](NC2NSN=C2Nc2csc(S(=O)(=O)N3CCCC3)c2O)C(C)(C)C)s1. The Balaban J connectivity index is 1.52. The van der Waals surface area contributed by atoms with Gasteiger partial charge in [-0.1, -0.05) is 20.8 Å². The van der Waals surface area contributed by atoms with Crippen LogP contribution >= 0.6 is 34.8 Å². The Morgan fingerprint density at radius 1 is 1.28 bits per heavy atom. The Bertz CT molecular complexity index is 1100. The smallest absolute Gasteiger partial charge is 0.256 e. The van der Waals surface area contributed by atoms with Crippen molar-refractivity contribution in [3.05, 3.63) is 27.3 Å². The maximum Gasteiger partial charge on any atom is 0.256 e. The number of nitrogens with zero attached hydrogens (tertiary/aromatic N) is 2. The predicted molar refractivity (Wildman–Crippen MR) is 134 cm³/mol. The number of amidine groups is 1. The highest BCUT2D eigenvalue weighted by atomic mass is 32.2. The zero-order chi connectivity index (χ0) is 23.1. The maximum absolute atomic E-state index is 12.9. The molecule has 4 heterocycles. The Morgan fingerprint density at radius 2 is 2.00 bits per heavy atom. The van der Waals surface area contributed by atoms with E-state index in [-0.39, 0.29) is 27.6 Å². The summed E-state index contributed by atoms with van der Waals surface area (Å²) in [5.41, 5.74) is 0.306. The van der Waals surface area contributed by atoms with Crippen LogP contribution < -0.4 is 15.4 Å². The first-order valence-electron chi connectivity index (χ1n) is 10.5. The zero-order valence-corrected chi connectivity index (χ0v) is 21.8. The molecule has 2 aromatic heterocycles.